The van der Waals surface area contributed by atoms with E-state index in [9.17, 15) is 13.2 Å². The number of allylic oxidation sites excluding steroid dienone is 2. The quantitative estimate of drug-likeness (QED) is 0.317. The lowest BCUT2D eigenvalue weighted by atomic mass is 9.93. The van der Waals surface area contributed by atoms with Gasteiger partial charge in [0, 0.05) is 17.7 Å². The van der Waals surface area contributed by atoms with Crippen LogP contribution >= 0.6 is 0 Å². The van der Waals surface area contributed by atoms with Crippen LogP contribution in [0.5, 0.6) is 0 Å². The van der Waals surface area contributed by atoms with Crippen LogP contribution in [0.25, 0.3) is 22.3 Å². The molecule has 34 heavy (non-hydrogen) atoms. The molecule has 0 spiro atoms. The van der Waals surface area contributed by atoms with Crippen molar-refractivity contribution in [1.82, 2.24) is 0 Å². The van der Waals surface area contributed by atoms with Gasteiger partial charge in [-0.05, 0) is 59.9 Å². The van der Waals surface area contributed by atoms with Crippen molar-refractivity contribution < 1.29 is 17.9 Å². The number of benzene rings is 3. The van der Waals surface area contributed by atoms with Gasteiger partial charge in [-0.15, -0.1) is 0 Å². The van der Waals surface area contributed by atoms with Gasteiger partial charge in [0.1, 0.15) is 5.82 Å². The van der Waals surface area contributed by atoms with E-state index >= 15 is 0 Å². The Bertz CT molecular complexity index is 1140. The van der Waals surface area contributed by atoms with Crippen LogP contribution in [0.4, 0.5) is 13.2 Å². The Morgan fingerprint density at radius 3 is 2.26 bits per heavy atom. The molecule has 2 unspecified atom stereocenters. The van der Waals surface area contributed by atoms with Crippen molar-refractivity contribution in [3.63, 3.8) is 0 Å². The second-order valence-corrected chi connectivity index (χ2v) is 9.18. The molecule has 4 rings (SSSR count). The van der Waals surface area contributed by atoms with Crippen LogP contribution in [0.2, 0.25) is 0 Å². The lowest BCUT2D eigenvalue weighted by Gasteiger charge is -2.27. The third-order valence-electron chi connectivity index (χ3n) is 6.50. The maximum Gasteiger partial charge on any atom is 0.166 e. The third kappa shape index (κ3) is 5.44. The number of hydrogen-bond donors (Lipinski definition) is 0. The SMILES string of the molecule is CCC/C=C\Cc1ccc(-c2ccc(-c3ccc(C4CCC(C)CO4)c(F)c3)cc2)c(F)c1F. The Labute approximate surface area is 200 Å². The summed E-state index contributed by atoms with van der Waals surface area (Å²) in [5, 5.41) is 0. The maximum absolute atomic E-state index is 14.9. The van der Waals surface area contributed by atoms with E-state index < -0.39 is 11.6 Å². The van der Waals surface area contributed by atoms with E-state index in [1.54, 1.807) is 42.5 Å². The highest BCUT2D eigenvalue weighted by Crippen LogP contribution is 2.34. The van der Waals surface area contributed by atoms with E-state index in [0.29, 0.717) is 35.6 Å². The molecule has 0 saturated carbocycles. The molecule has 1 saturated heterocycles. The van der Waals surface area contributed by atoms with Crippen LogP contribution in [-0.2, 0) is 11.2 Å². The van der Waals surface area contributed by atoms with Crippen LogP contribution in [0, 0.1) is 23.4 Å². The second-order valence-electron chi connectivity index (χ2n) is 9.18. The Kier molecular flexibility index (Phi) is 7.89. The first kappa shape index (κ1) is 24.3. The summed E-state index contributed by atoms with van der Waals surface area (Å²) in [6.07, 6.45) is 7.83. The first-order valence-electron chi connectivity index (χ1n) is 12.1. The van der Waals surface area contributed by atoms with Gasteiger partial charge in [-0.3, -0.25) is 0 Å². The molecule has 1 aliphatic heterocycles. The van der Waals surface area contributed by atoms with Gasteiger partial charge >= 0.3 is 0 Å². The predicted molar refractivity (Wildman–Crippen MR) is 132 cm³/mol. The lowest BCUT2D eigenvalue weighted by molar-refractivity contribution is -0.0141. The molecule has 1 fully saturated rings. The predicted octanol–water partition coefficient (Wildman–Crippen LogP) is 8.82. The molecule has 178 valence electrons. The summed E-state index contributed by atoms with van der Waals surface area (Å²) < 4.78 is 50.1. The monoisotopic (exact) mass is 464 g/mol. The van der Waals surface area contributed by atoms with Gasteiger partial charge < -0.3 is 4.74 Å². The molecule has 0 N–H and O–H groups in total. The summed E-state index contributed by atoms with van der Waals surface area (Å²) in [6, 6.07) is 15.6. The number of ether oxygens (including phenoxy) is 1. The van der Waals surface area contributed by atoms with Gasteiger partial charge in [-0.2, -0.15) is 0 Å². The zero-order valence-electron chi connectivity index (χ0n) is 19.8. The van der Waals surface area contributed by atoms with Crippen molar-refractivity contribution >= 4 is 0 Å². The molecule has 2 atom stereocenters. The van der Waals surface area contributed by atoms with E-state index in [1.165, 1.54) is 6.07 Å². The molecule has 3 aromatic carbocycles. The summed E-state index contributed by atoms with van der Waals surface area (Å²) in [5.41, 5.74) is 3.28. The smallest absolute Gasteiger partial charge is 0.166 e. The van der Waals surface area contributed by atoms with E-state index in [1.807, 2.05) is 18.2 Å². The fourth-order valence-corrected chi connectivity index (χ4v) is 4.40. The van der Waals surface area contributed by atoms with Crippen LogP contribution < -0.4 is 0 Å². The molecule has 1 aliphatic rings. The highest BCUT2D eigenvalue weighted by molar-refractivity contribution is 5.71. The average molecular weight is 465 g/mol. The Morgan fingerprint density at radius 2 is 1.59 bits per heavy atom. The van der Waals surface area contributed by atoms with Crippen LogP contribution in [0.3, 0.4) is 0 Å². The summed E-state index contributed by atoms with van der Waals surface area (Å²) in [4.78, 5) is 0. The lowest BCUT2D eigenvalue weighted by Crippen LogP contribution is -2.19. The molecular weight excluding hydrogens is 433 g/mol. The molecule has 0 aromatic heterocycles. The van der Waals surface area contributed by atoms with Crippen molar-refractivity contribution in [1.29, 1.82) is 0 Å². The van der Waals surface area contributed by atoms with Crippen molar-refractivity contribution in [3.05, 3.63) is 95.3 Å². The molecule has 0 radical (unpaired) electrons. The first-order chi connectivity index (χ1) is 16.5. The van der Waals surface area contributed by atoms with E-state index in [0.717, 1.165) is 36.8 Å². The third-order valence-corrected chi connectivity index (χ3v) is 6.50. The molecular formula is C30H31F3O. The van der Waals surface area contributed by atoms with Gasteiger partial charge in [-0.1, -0.05) is 81.0 Å². The number of rotatable bonds is 7. The minimum Gasteiger partial charge on any atom is -0.373 e. The topological polar surface area (TPSA) is 9.23 Å². The molecule has 3 aromatic rings. The molecule has 1 nitrogen and oxygen atoms in total. The summed E-state index contributed by atoms with van der Waals surface area (Å²) in [5.74, 6) is -1.42. The highest BCUT2D eigenvalue weighted by Gasteiger charge is 2.23. The number of hydrogen-bond acceptors (Lipinski definition) is 1. The summed E-state index contributed by atoms with van der Waals surface area (Å²) >= 11 is 0. The van der Waals surface area contributed by atoms with Crippen LogP contribution in [0.15, 0.2) is 66.7 Å². The zero-order valence-corrected chi connectivity index (χ0v) is 19.8. The Balaban J connectivity index is 1.51. The standard InChI is InChI=1S/C30H31F3O/c1-3-4-5-6-7-23-13-15-25(30(33)29(23)32)22-11-9-21(10-12-22)24-14-16-26(27(31)18-24)28-17-8-20(2)19-34-28/h5-6,9-16,18,20,28H,3-4,7-8,17,19H2,1-2H3/b6-5-. The summed E-state index contributed by atoms with van der Waals surface area (Å²) in [7, 11) is 0. The fourth-order valence-electron chi connectivity index (χ4n) is 4.40. The van der Waals surface area contributed by atoms with E-state index in [-0.39, 0.29) is 17.5 Å². The molecule has 4 heteroatoms. The largest absolute Gasteiger partial charge is 0.373 e. The van der Waals surface area contributed by atoms with Gasteiger partial charge in [0.2, 0.25) is 0 Å². The fraction of sp³-hybridized carbons (Fsp3) is 0.333. The van der Waals surface area contributed by atoms with E-state index in [2.05, 4.69) is 13.8 Å². The van der Waals surface area contributed by atoms with Crippen LogP contribution in [-0.4, -0.2) is 6.61 Å². The molecule has 0 bridgehead atoms. The molecule has 0 amide bonds. The minimum absolute atomic E-state index is 0.199. The Hall–Kier alpha value is -2.85. The van der Waals surface area contributed by atoms with E-state index in [4.69, 9.17) is 4.74 Å². The van der Waals surface area contributed by atoms with Gasteiger partial charge in [0.25, 0.3) is 0 Å². The van der Waals surface area contributed by atoms with Gasteiger partial charge in [0.05, 0.1) is 6.10 Å². The highest BCUT2D eigenvalue weighted by atomic mass is 19.2. The van der Waals surface area contributed by atoms with Crippen LogP contribution in [0.1, 0.15) is 56.8 Å². The summed E-state index contributed by atoms with van der Waals surface area (Å²) in [6.45, 7) is 4.87. The zero-order chi connectivity index (χ0) is 24.1. The molecule has 0 aliphatic carbocycles. The number of unbranched alkanes of at least 4 members (excludes halogenated alkanes) is 1. The molecule has 1 heterocycles. The van der Waals surface area contributed by atoms with Crippen molar-refractivity contribution in [3.8, 4) is 22.3 Å². The first-order valence-corrected chi connectivity index (χ1v) is 12.1. The number of halogens is 3. The average Bonchev–Trinajstić information content (AvgIpc) is 2.85. The Morgan fingerprint density at radius 1 is 0.853 bits per heavy atom. The van der Waals surface area contributed by atoms with Gasteiger partial charge in [0.15, 0.2) is 11.6 Å². The maximum atomic E-state index is 14.9. The van der Waals surface area contributed by atoms with Crippen molar-refractivity contribution in [2.45, 2.75) is 52.1 Å². The minimum atomic E-state index is -0.841. The van der Waals surface area contributed by atoms with Crippen molar-refractivity contribution in [2.24, 2.45) is 5.92 Å². The van der Waals surface area contributed by atoms with Crippen molar-refractivity contribution in [2.75, 3.05) is 6.61 Å². The normalized spacial score (nSPS) is 18.5. The van der Waals surface area contributed by atoms with Gasteiger partial charge in [-0.25, -0.2) is 13.2 Å². The second kappa shape index (κ2) is 11.1.